The normalized spacial score (nSPS) is 10.2. The van der Waals surface area contributed by atoms with Crippen molar-refractivity contribution in [1.82, 2.24) is 15.0 Å². The van der Waals surface area contributed by atoms with Gasteiger partial charge in [0.25, 0.3) is 0 Å². The van der Waals surface area contributed by atoms with E-state index in [0.29, 0.717) is 24.3 Å². The number of hydrogen-bond acceptors (Lipinski definition) is 6. The molecular weight excluding hydrogens is 254 g/mol. The van der Waals surface area contributed by atoms with Gasteiger partial charge in [-0.15, -0.1) is 0 Å². The van der Waals surface area contributed by atoms with Crippen LogP contribution in [0.2, 0.25) is 0 Å². The van der Waals surface area contributed by atoms with Crippen molar-refractivity contribution in [2.75, 3.05) is 38.0 Å². The lowest BCUT2D eigenvalue weighted by Gasteiger charge is -2.13. The van der Waals surface area contributed by atoms with Gasteiger partial charge in [0.15, 0.2) is 5.82 Å². The maximum absolute atomic E-state index is 5.51. The van der Waals surface area contributed by atoms with Crippen LogP contribution in [0.3, 0.4) is 0 Å². The van der Waals surface area contributed by atoms with E-state index in [1.165, 1.54) is 0 Å². The Morgan fingerprint density at radius 2 is 2.00 bits per heavy atom. The van der Waals surface area contributed by atoms with Crippen LogP contribution in [0.1, 0.15) is 6.92 Å². The summed E-state index contributed by atoms with van der Waals surface area (Å²) in [7, 11) is 5.58. The minimum Gasteiger partial charge on any atom is -0.494 e. The Morgan fingerprint density at radius 3 is 2.65 bits per heavy atom. The van der Waals surface area contributed by atoms with Crippen LogP contribution in [0.4, 0.5) is 11.9 Å². The Labute approximate surface area is 118 Å². The zero-order valence-electron chi connectivity index (χ0n) is 12.2. The van der Waals surface area contributed by atoms with E-state index in [4.69, 9.17) is 4.74 Å². The van der Waals surface area contributed by atoms with Crippen molar-refractivity contribution >= 4 is 11.9 Å². The third-order valence-electron chi connectivity index (χ3n) is 2.65. The molecule has 0 unspecified atom stereocenters. The molecule has 6 heteroatoms. The van der Waals surface area contributed by atoms with Gasteiger partial charge in [0.05, 0.1) is 6.61 Å². The number of rotatable bonds is 5. The Balaban J connectivity index is 2.45. The number of hydrogen-bond donors (Lipinski definition) is 1. The van der Waals surface area contributed by atoms with Crippen LogP contribution in [-0.2, 0) is 0 Å². The standard InChI is InChI=1S/C14H19N5O/c1-5-20-11-8-6-7-10(9-11)12-16-13(15-2)18-14(17-12)19(3)4/h6-9H,5H2,1-4H3,(H,15,16,17,18). The highest BCUT2D eigenvalue weighted by molar-refractivity contribution is 5.60. The Kier molecular flexibility index (Phi) is 4.34. The largest absolute Gasteiger partial charge is 0.494 e. The Bertz CT molecular complexity index is 586. The van der Waals surface area contributed by atoms with Crippen molar-refractivity contribution in [3.8, 4) is 17.1 Å². The Morgan fingerprint density at radius 1 is 1.20 bits per heavy atom. The second kappa shape index (κ2) is 6.18. The minimum atomic E-state index is 0.542. The molecule has 0 fully saturated rings. The van der Waals surface area contributed by atoms with E-state index in [1.54, 1.807) is 7.05 Å². The first kappa shape index (κ1) is 14.0. The van der Waals surface area contributed by atoms with Crippen molar-refractivity contribution < 1.29 is 4.74 Å². The first-order valence-electron chi connectivity index (χ1n) is 6.48. The molecule has 0 amide bonds. The summed E-state index contributed by atoms with van der Waals surface area (Å²) in [5, 5.41) is 2.95. The minimum absolute atomic E-state index is 0.542. The lowest BCUT2D eigenvalue weighted by molar-refractivity contribution is 0.340. The van der Waals surface area contributed by atoms with Crippen LogP contribution in [0.15, 0.2) is 24.3 Å². The summed E-state index contributed by atoms with van der Waals surface area (Å²) in [6.07, 6.45) is 0. The molecule has 0 aliphatic heterocycles. The fraction of sp³-hybridized carbons (Fsp3) is 0.357. The average Bonchev–Trinajstić information content (AvgIpc) is 2.47. The molecule has 1 aromatic heterocycles. The van der Waals surface area contributed by atoms with Gasteiger partial charge >= 0.3 is 0 Å². The third kappa shape index (κ3) is 3.14. The molecule has 0 aliphatic carbocycles. The highest BCUT2D eigenvalue weighted by Gasteiger charge is 2.09. The van der Waals surface area contributed by atoms with Gasteiger partial charge in [0.2, 0.25) is 11.9 Å². The van der Waals surface area contributed by atoms with E-state index in [9.17, 15) is 0 Å². The second-order valence-corrected chi connectivity index (χ2v) is 4.39. The molecule has 20 heavy (non-hydrogen) atoms. The molecule has 1 N–H and O–H groups in total. The molecule has 1 heterocycles. The molecule has 0 aliphatic rings. The van der Waals surface area contributed by atoms with Gasteiger partial charge < -0.3 is 15.0 Å². The van der Waals surface area contributed by atoms with Crippen molar-refractivity contribution in [3.05, 3.63) is 24.3 Å². The smallest absolute Gasteiger partial charge is 0.230 e. The van der Waals surface area contributed by atoms with Crippen LogP contribution in [0.25, 0.3) is 11.4 Å². The molecule has 2 aromatic rings. The number of benzene rings is 1. The lowest BCUT2D eigenvalue weighted by atomic mass is 10.2. The number of anilines is 2. The first-order chi connectivity index (χ1) is 9.63. The highest BCUT2D eigenvalue weighted by Crippen LogP contribution is 2.23. The first-order valence-corrected chi connectivity index (χ1v) is 6.48. The maximum atomic E-state index is 5.51. The molecule has 0 spiro atoms. The van der Waals surface area contributed by atoms with Crippen LogP contribution >= 0.6 is 0 Å². The number of nitrogens with zero attached hydrogens (tertiary/aromatic N) is 4. The zero-order chi connectivity index (χ0) is 14.5. The van der Waals surface area contributed by atoms with Crippen LogP contribution in [-0.4, -0.2) is 42.7 Å². The summed E-state index contributed by atoms with van der Waals surface area (Å²) < 4.78 is 5.51. The third-order valence-corrected chi connectivity index (χ3v) is 2.65. The van der Waals surface area contributed by atoms with E-state index in [-0.39, 0.29) is 0 Å². The van der Waals surface area contributed by atoms with Gasteiger partial charge in [0, 0.05) is 26.7 Å². The van der Waals surface area contributed by atoms with Crippen molar-refractivity contribution in [2.24, 2.45) is 0 Å². The van der Waals surface area contributed by atoms with Crippen LogP contribution in [0.5, 0.6) is 5.75 Å². The van der Waals surface area contributed by atoms with Gasteiger partial charge in [-0.3, -0.25) is 0 Å². The molecule has 1 aromatic carbocycles. The fourth-order valence-corrected chi connectivity index (χ4v) is 1.70. The van der Waals surface area contributed by atoms with E-state index in [2.05, 4.69) is 20.3 Å². The van der Waals surface area contributed by atoms with Gasteiger partial charge in [-0.05, 0) is 19.1 Å². The van der Waals surface area contributed by atoms with E-state index < -0.39 is 0 Å². The molecule has 0 saturated carbocycles. The average molecular weight is 273 g/mol. The summed E-state index contributed by atoms with van der Waals surface area (Å²) in [6.45, 7) is 2.59. The summed E-state index contributed by atoms with van der Waals surface area (Å²) in [6, 6.07) is 7.73. The number of nitrogens with one attached hydrogen (secondary N) is 1. The zero-order valence-corrected chi connectivity index (χ0v) is 12.2. The van der Waals surface area contributed by atoms with Crippen LogP contribution < -0.4 is 15.0 Å². The topological polar surface area (TPSA) is 63.2 Å². The molecule has 0 saturated heterocycles. The van der Waals surface area contributed by atoms with Crippen LogP contribution in [0, 0.1) is 0 Å². The summed E-state index contributed by atoms with van der Waals surface area (Å²) >= 11 is 0. The number of aromatic nitrogens is 3. The van der Waals surface area contributed by atoms with Gasteiger partial charge in [-0.25, -0.2) is 0 Å². The predicted molar refractivity (Wildman–Crippen MR) is 80.3 cm³/mol. The molecule has 106 valence electrons. The maximum Gasteiger partial charge on any atom is 0.230 e. The Hall–Kier alpha value is -2.37. The molecule has 0 radical (unpaired) electrons. The van der Waals surface area contributed by atoms with E-state index in [1.807, 2.05) is 50.2 Å². The van der Waals surface area contributed by atoms with Gasteiger partial charge in [0.1, 0.15) is 5.75 Å². The summed E-state index contributed by atoms with van der Waals surface area (Å²) in [5.41, 5.74) is 0.901. The monoisotopic (exact) mass is 273 g/mol. The second-order valence-electron chi connectivity index (χ2n) is 4.39. The van der Waals surface area contributed by atoms with E-state index in [0.717, 1.165) is 11.3 Å². The SMILES string of the molecule is CCOc1cccc(-c2nc(NC)nc(N(C)C)n2)c1. The summed E-state index contributed by atoms with van der Waals surface area (Å²) in [4.78, 5) is 15.0. The van der Waals surface area contributed by atoms with Crippen molar-refractivity contribution in [1.29, 1.82) is 0 Å². The molecule has 0 bridgehead atoms. The van der Waals surface area contributed by atoms with Crippen molar-refractivity contribution in [2.45, 2.75) is 6.92 Å². The molecule has 2 rings (SSSR count). The van der Waals surface area contributed by atoms with Crippen molar-refractivity contribution in [3.63, 3.8) is 0 Å². The van der Waals surface area contributed by atoms with E-state index >= 15 is 0 Å². The molecule has 0 atom stereocenters. The predicted octanol–water partition coefficient (Wildman–Crippen LogP) is 2.04. The number of ether oxygens (including phenoxy) is 1. The van der Waals surface area contributed by atoms with Gasteiger partial charge in [-0.2, -0.15) is 15.0 Å². The quantitative estimate of drug-likeness (QED) is 0.899. The lowest BCUT2D eigenvalue weighted by Crippen LogP contribution is -2.15. The molecular formula is C14H19N5O. The summed E-state index contributed by atoms with van der Waals surface area (Å²) in [5.74, 6) is 2.58. The highest BCUT2D eigenvalue weighted by atomic mass is 16.5. The molecule has 6 nitrogen and oxygen atoms in total. The fourth-order valence-electron chi connectivity index (χ4n) is 1.70. The van der Waals surface area contributed by atoms with Gasteiger partial charge in [-0.1, -0.05) is 12.1 Å².